The van der Waals surface area contributed by atoms with E-state index in [0.717, 1.165) is 38.8 Å². The van der Waals surface area contributed by atoms with Crippen LogP contribution in [-0.2, 0) is 4.79 Å². The summed E-state index contributed by atoms with van der Waals surface area (Å²) in [5, 5.41) is 6.46. The van der Waals surface area contributed by atoms with Gasteiger partial charge in [0, 0.05) is 12.5 Å². The Morgan fingerprint density at radius 2 is 1.67 bits per heavy atom. The number of piperidine rings is 1. The van der Waals surface area contributed by atoms with Crippen molar-refractivity contribution in [2.75, 3.05) is 13.1 Å². The van der Waals surface area contributed by atoms with Crippen molar-refractivity contribution in [3.8, 4) is 0 Å². The number of hydrogen-bond donors (Lipinski definition) is 2. The van der Waals surface area contributed by atoms with E-state index in [1.165, 1.54) is 38.5 Å². The first-order chi connectivity index (χ1) is 8.83. The maximum atomic E-state index is 11.7. The number of rotatable bonds is 9. The molecular formula is C15H30N2O. The fourth-order valence-corrected chi connectivity index (χ4v) is 2.51. The van der Waals surface area contributed by atoms with Gasteiger partial charge in [-0.05, 0) is 32.4 Å². The van der Waals surface area contributed by atoms with E-state index in [4.69, 9.17) is 0 Å². The van der Waals surface area contributed by atoms with Gasteiger partial charge in [-0.3, -0.25) is 4.79 Å². The molecule has 18 heavy (non-hydrogen) atoms. The highest BCUT2D eigenvalue weighted by Gasteiger charge is 2.14. The third-order valence-electron chi connectivity index (χ3n) is 3.71. The largest absolute Gasteiger partial charge is 0.353 e. The molecule has 1 heterocycles. The average molecular weight is 254 g/mol. The van der Waals surface area contributed by atoms with Crippen LogP contribution in [-0.4, -0.2) is 25.0 Å². The van der Waals surface area contributed by atoms with E-state index in [2.05, 4.69) is 17.6 Å². The fraction of sp³-hybridized carbons (Fsp3) is 0.933. The molecule has 3 nitrogen and oxygen atoms in total. The summed E-state index contributed by atoms with van der Waals surface area (Å²) in [7, 11) is 0. The Hall–Kier alpha value is -0.570. The van der Waals surface area contributed by atoms with Gasteiger partial charge < -0.3 is 10.6 Å². The number of amides is 1. The topological polar surface area (TPSA) is 41.1 Å². The molecule has 2 N–H and O–H groups in total. The average Bonchev–Trinajstić information content (AvgIpc) is 2.39. The van der Waals surface area contributed by atoms with E-state index in [0.29, 0.717) is 6.04 Å². The van der Waals surface area contributed by atoms with Gasteiger partial charge >= 0.3 is 0 Å². The highest BCUT2D eigenvalue weighted by atomic mass is 16.1. The second-order valence-corrected chi connectivity index (χ2v) is 5.46. The number of unbranched alkanes of at least 4 members (excludes halogenated alkanes) is 6. The normalized spacial score (nSPS) is 16.7. The predicted octanol–water partition coefficient (Wildman–Crippen LogP) is 3.00. The molecule has 0 unspecified atom stereocenters. The first-order valence-electron chi connectivity index (χ1n) is 7.83. The number of carbonyl (C=O) groups is 1. The summed E-state index contributed by atoms with van der Waals surface area (Å²) in [6.07, 6.45) is 11.8. The van der Waals surface area contributed by atoms with E-state index >= 15 is 0 Å². The molecule has 0 aromatic heterocycles. The molecule has 1 amide bonds. The van der Waals surface area contributed by atoms with Gasteiger partial charge in [-0.25, -0.2) is 0 Å². The number of hydrogen-bond acceptors (Lipinski definition) is 2. The van der Waals surface area contributed by atoms with Gasteiger partial charge in [-0.15, -0.1) is 0 Å². The Bertz CT molecular complexity index is 213. The van der Waals surface area contributed by atoms with Crippen LogP contribution in [0.1, 0.15) is 71.1 Å². The van der Waals surface area contributed by atoms with Gasteiger partial charge in [0.1, 0.15) is 0 Å². The number of nitrogens with one attached hydrogen (secondary N) is 2. The van der Waals surface area contributed by atoms with Gasteiger partial charge in [-0.2, -0.15) is 0 Å². The molecule has 0 aromatic rings. The second kappa shape index (κ2) is 10.4. The summed E-state index contributed by atoms with van der Waals surface area (Å²) in [4.78, 5) is 11.7. The third kappa shape index (κ3) is 7.70. The van der Waals surface area contributed by atoms with Gasteiger partial charge in [-0.1, -0.05) is 45.4 Å². The molecule has 1 aliphatic heterocycles. The van der Waals surface area contributed by atoms with Crippen LogP contribution >= 0.6 is 0 Å². The van der Waals surface area contributed by atoms with Crippen LogP contribution in [0, 0.1) is 0 Å². The molecule has 0 saturated carbocycles. The first-order valence-corrected chi connectivity index (χ1v) is 7.83. The highest BCUT2D eigenvalue weighted by molar-refractivity contribution is 5.76. The summed E-state index contributed by atoms with van der Waals surface area (Å²) in [6.45, 7) is 4.33. The van der Waals surface area contributed by atoms with Crippen molar-refractivity contribution in [1.29, 1.82) is 0 Å². The van der Waals surface area contributed by atoms with Crippen LogP contribution in [0.3, 0.4) is 0 Å². The fourth-order valence-electron chi connectivity index (χ4n) is 2.51. The Morgan fingerprint density at radius 1 is 1.06 bits per heavy atom. The molecule has 1 saturated heterocycles. The van der Waals surface area contributed by atoms with Gasteiger partial charge in [0.25, 0.3) is 0 Å². The summed E-state index contributed by atoms with van der Waals surface area (Å²) in [6, 6.07) is 0.420. The van der Waals surface area contributed by atoms with Crippen LogP contribution in [0.4, 0.5) is 0 Å². The minimum absolute atomic E-state index is 0.260. The zero-order valence-electron chi connectivity index (χ0n) is 12.0. The SMILES string of the molecule is CCCCCCCCCC(=O)NC1CCNCC1. The minimum atomic E-state index is 0.260. The standard InChI is InChI=1S/C15H30N2O/c1-2-3-4-5-6-7-8-9-15(18)17-14-10-12-16-13-11-14/h14,16H,2-13H2,1H3,(H,17,18). The molecule has 3 heteroatoms. The monoisotopic (exact) mass is 254 g/mol. The first kappa shape index (κ1) is 15.5. The number of carbonyl (C=O) groups excluding carboxylic acids is 1. The molecule has 0 aromatic carbocycles. The molecule has 0 radical (unpaired) electrons. The molecule has 1 rings (SSSR count). The van der Waals surface area contributed by atoms with Crippen molar-refractivity contribution in [2.45, 2.75) is 77.2 Å². The summed E-state index contributed by atoms with van der Waals surface area (Å²) in [5.41, 5.74) is 0. The lowest BCUT2D eigenvalue weighted by Gasteiger charge is -2.23. The van der Waals surface area contributed by atoms with E-state index in [-0.39, 0.29) is 5.91 Å². The molecular weight excluding hydrogens is 224 g/mol. The Labute approximate surface area is 112 Å². The molecule has 0 spiro atoms. The van der Waals surface area contributed by atoms with Crippen molar-refractivity contribution in [1.82, 2.24) is 10.6 Å². The molecule has 106 valence electrons. The zero-order valence-corrected chi connectivity index (χ0v) is 12.0. The van der Waals surface area contributed by atoms with Crippen LogP contribution in [0.25, 0.3) is 0 Å². The lowest BCUT2D eigenvalue weighted by molar-refractivity contribution is -0.122. The Balaban J connectivity index is 1.90. The maximum absolute atomic E-state index is 11.7. The molecule has 0 bridgehead atoms. The molecule has 1 fully saturated rings. The molecule has 0 atom stereocenters. The van der Waals surface area contributed by atoms with E-state index < -0.39 is 0 Å². The van der Waals surface area contributed by atoms with E-state index in [9.17, 15) is 4.79 Å². The van der Waals surface area contributed by atoms with Crippen LogP contribution in [0.5, 0.6) is 0 Å². The van der Waals surface area contributed by atoms with Crippen LogP contribution in [0.2, 0.25) is 0 Å². The third-order valence-corrected chi connectivity index (χ3v) is 3.71. The summed E-state index contributed by atoms with van der Waals surface area (Å²) < 4.78 is 0. The van der Waals surface area contributed by atoms with Gasteiger partial charge in [0.2, 0.25) is 5.91 Å². The summed E-state index contributed by atoms with van der Waals surface area (Å²) in [5.74, 6) is 0.260. The van der Waals surface area contributed by atoms with Crippen molar-refractivity contribution >= 4 is 5.91 Å². The van der Waals surface area contributed by atoms with E-state index in [1.807, 2.05) is 0 Å². The van der Waals surface area contributed by atoms with Crippen molar-refractivity contribution < 1.29 is 4.79 Å². The zero-order chi connectivity index (χ0) is 13.1. The van der Waals surface area contributed by atoms with Crippen molar-refractivity contribution in [2.24, 2.45) is 0 Å². The molecule has 0 aliphatic carbocycles. The maximum Gasteiger partial charge on any atom is 0.220 e. The highest BCUT2D eigenvalue weighted by Crippen LogP contribution is 2.09. The minimum Gasteiger partial charge on any atom is -0.353 e. The smallest absolute Gasteiger partial charge is 0.220 e. The Kier molecular flexibility index (Phi) is 8.92. The van der Waals surface area contributed by atoms with E-state index in [1.54, 1.807) is 0 Å². The van der Waals surface area contributed by atoms with Crippen LogP contribution in [0.15, 0.2) is 0 Å². The van der Waals surface area contributed by atoms with Crippen LogP contribution < -0.4 is 10.6 Å². The molecule has 1 aliphatic rings. The van der Waals surface area contributed by atoms with Gasteiger partial charge in [0.05, 0.1) is 0 Å². The quantitative estimate of drug-likeness (QED) is 0.621. The summed E-state index contributed by atoms with van der Waals surface area (Å²) >= 11 is 0. The second-order valence-electron chi connectivity index (χ2n) is 5.46. The van der Waals surface area contributed by atoms with Gasteiger partial charge in [0.15, 0.2) is 0 Å². The predicted molar refractivity (Wildman–Crippen MR) is 76.6 cm³/mol. The lowest BCUT2D eigenvalue weighted by atomic mass is 10.1. The van der Waals surface area contributed by atoms with Crippen molar-refractivity contribution in [3.05, 3.63) is 0 Å². The van der Waals surface area contributed by atoms with Crippen molar-refractivity contribution in [3.63, 3.8) is 0 Å². The lowest BCUT2D eigenvalue weighted by Crippen LogP contribution is -2.42. The Morgan fingerprint density at radius 3 is 2.33 bits per heavy atom.